The van der Waals surface area contributed by atoms with Crippen LogP contribution in [0.5, 0.6) is 0 Å². The zero-order valence-electron chi connectivity index (χ0n) is 12.0. The van der Waals surface area contributed by atoms with Crippen molar-refractivity contribution in [3.05, 3.63) is 24.2 Å². The van der Waals surface area contributed by atoms with E-state index in [9.17, 15) is 0 Å². The Morgan fingerprint density at radius 1 is 1.17 bits per heavy atom. The van der Waals surface area contributed by atoms with Crippen molar-refractivity contribution in [1.29, 1.82) is 0 Å². The minimum atomic E-state index is 0.945. The van der Waals surface area contributed by atoms with Gasteiger partial charge in [-0.3, -0.25) is 4.90 Å². The summed E-state index contributed by atoms with van der Waals surface area (Å²) in [5.74, 6) is 1.07. The molecular formula is C15H28N2O. The molecule has 1 heterocycles. The van der Waals surface area contributed by atoms with Crippen LogP contribution in [-0.4, -0.2) is 31.1 Å². The Labute approximate surface area is 112 Å². The first-order valence-corrected chi connectivity index (χ1v) is 7.32. The molecule has 0 bridgehead atoms. The normalized spacial score (nSPS) is 11.3. The third-order valence-corrected chi connectivity index (χ3v) is 3.23. The summed E-state index contributed by atoms with van der Waals surface area (Å²) in [5, 5.41) is 3.37. The predicted octanol–water partition coefficient (Wildman–Crippen LogP) is 3.27. The largest absolute Gasteiger partial charge is 0.468 e. The minimum absolute atomic E-state index is 0.945. The van der Waals surface area contributed by atoms with Crippen molar-refractivity contribution < 1.29 is 4.42 Å². The quantitative estimate of drug-likeness (QED) is 0.613. The lowest BCUT2D eigenvalue weighted by Gasteiger charge is -2.18. The van der Waals surface area contributed by atoms with E-state index in [4.69, 9.17) is 4.42 Å². The van der Waals surface area contributed by atoms with Crippen molar-refractivity contribution in [2.75, 3.05) is 26.2 Å². The first-order chi connectivity index (χ1) is 8.86. The van der Waals surface area contributed by atoms with Crippen LogP contribution in [-0.2, 0) is 6.54 Å². The van der Waals surface area contributed by atoms with E-state index >= 15 is 0 Å². The van der Waals surface area contributed by atoms with Crippen LogP contribution in [0.15, 0.2) is 22.8 Å². The van der Waals surface area contributed by atoms with Gasteiger partial charge in [-0.2, -0.15) is 0 Å². The van der Waals surface area contributed by atoms with E-state index in [0.29, 0.717) is 0 Å². The fourth-order valence-electron chi connectivity index (χ4n) is 2.09. The van der Waals surface area contributed by atoms with Crippen molar-refractivity contribution in [1.82, 2.24) is 10.2 Å². The molecule has 1 aromatic rings. The molecule has 0 aliphatic rings. The second kappa shape index (κ2) is 10.2. The molecule has 1 aromatic heterocycles. The molecule has 3 nitrogen and oxygen atoms in total. The number of rotatable bonds is 11. The molecular weight excluding hydrogens is 224 g/mol. The van der Waals surface area contributed by atoms with E-state index in [1.807, 2.05) is 6.07 Å². The SMILES string of the molecule is CCNCCCCCCN(CC)Cc1ccco1. The Morgan fingerprint density at radius 3 is 2.67 bits per heavy atom. The first kappa shape index (κ1) is 15.3. The molecule has 104 valence electrons. The van der Waals surface area contributed by atoms with Gasteiger partial charge in [0.05, 0.1) is 12.8 Å². The molecule has 0 radical (unpaired) electrons. The molecule has 0 spiro atoms. The Balaban J connectivity index is 2.01. The fraction of sp³-hybridized carbons (Fsp3) is 0.733. The summed E-state index contributed by atoms with van der Waals surface area (Å²) in [4.78, 5) is 2.45. The van der Waals surface area contributed by atoms with Crippen LogP contribution in [0.1, 0.15) is 45.3 Å². The van der Waals surface area contributed by atoms with Crippen molar-refractivity contribution >= 4 is 0 Å². The molecule has 0 saturated carbocycles. The van der Waals surface area contributed by atoms with E-state index in [2.05, 4.69) is 30.1 Å². The second-order valence-corrected chi connectivity index (χ2v) is 4.72. The van der Waals surface area contributed by atoms with Crippen molar-refractivity contribution in [2.45, 2.75) is 46.1 Å². The van der Waals surface area contributed by atoms with Gasteiger partial charge in [0.1, 0.15) is 5.76 Å². The van der Waals surface area contributed by atoms with Gasteiger partial charge in [0.2, 0.25) is 0 Å². The molecule has 0 aliphatic carbocycles. The summed E-state index contributed by atoms with van der Waals surface area (Å²) in [5.41, 5.74) is 0. The smallest absolute Gasteiger partial charge is 0.117 e. The van der Waals surface area contributed by atoms with E-state index in [0.717, 1.165) is 25.4 Å². The van der Waals surface area contributed by atoms with Gasteiger partial charge in [-0.1, -0.05) is 26.7 Å². The average Bonchev–Trinajstić information content (AvgIpc) is 2.89. The number of hydrogen-bond acceptors (Lipinski definition) is 3. The van der Waals surface area contributed by atoms with Gasteiger partial charge in [0, 0.05) is 0 Å². The zero-order valence-corrected chi connectivity index (χ0v) is 12.0. The molecule has 1 N–H and O–H groups in total. The lowest BCUT2D eigenvalue weighted by molar-refractivity contribution is 0.250. The van der Waals surface area contributed by atoms with Gasteiger partial charge < -0.3 is 9.73 Å². The predicted molar refractivity (Wildman–Crippen MR) is 76.7 cm³/mol. The van der Waals surface area contributed by atoms with Crippen LogP contribution < -0.4 is 5.32 Å². The van der Waals surface area contributed by atoms with Crippen molar-refractivity contribution in [2.24, 2.45) is 0 Å². The molecule has 0 saturated heterocycles. The summed E-state index contributed by atoms with van der Waals surface area (Å²) in [6.07, 6.45) is 7.02. The monoisotopic (exact) mass is 252 g/mol. The molecule has 0 fully saturated rings. The topological polar surface area (TPSA) is 28.4 Å². The highest BCUT2D eigenvalue weighted by Crippen LogP contribution is 2.07. The molecule has 0 amide bonds. The fourth-order valence-corrected chi connectivity index (χ4v) is 2.09. The van der Waals surface area contributed by atoms with Crippen LogP contribution >= 0.6 is 0 Å². The summed E-state index contributed by atoms with van der Waals surface area (Å²) >= 11 is 0. The highest BCUT2D eigenvalue weighted by atomic mass is 16.3. The van der Waals surface area contributed by atoms with Crippen LogP contribution in [0, 0.1) is 0 Å². The van der Waals surface area contributed by atoms with E-state index in [-0.39, 0.29) is 0 Å². The molecule has 0 aromatic carbocycles. The number of nitrogens with one attached hydrogen (secondary N) is 1. The Bertz CT molecular complexity index is 272. The van der Waals surface area contributed by atoms with Crippen LogP contribution in [0.2, 0.25) is 0 Å². The number of nitrogens with zero attached hydrogens (tertiary/aromatic N) is 1. The molecule has 3 heteroatoms. The Morgan fingerprint density at radius 2 is 2.00 bits per heavy atom. The molecule has 0 unspecified atom stereocenters. The van der Waals surface area contributed by atoms with Crippen LogP contribution in [0.25, 0.3) is 0 Å². The maximum Gasteiger partial charge on any atom is 0.117 e. The highest BCUT2D eigenvalue weighted by molar-refractivity contribution is 4.97. The van der Waals surface area contributed by atoms with Gasteiger partial charge in [-0.25, -0.2) is 0 Å². The molecule has 0 aliphatic heterocycles. The number of hydrogen-bond donors (Lipinski definition) is 1. The lowest BCUT2D eigenvalue weighted by Crippen LogP contribution is -2.23. The maximum atomic E-state index is 5.39. The standard InChI is InChI=1S/C15H28N2O/c1-3-16-11-7-5-6-8-12-17(4-2)14-15-10-9-13-18-15/h9-10,13,16H,3-8,11-12,14H2,1-2H3. The van der Waals surface area contributed by atoms with Gasteiger partial charge >= 0.3 is 0 Å². The highest BCUT2D eigenvalue weighted by Gasteiger charge is 2.04. The minimum Gasteiger partial charge on any atom is -0.468 e. The molecule has 1 rings (SSSR count). The number of furan rings is 1. The zero-order chi connectivity index (χ0) is 13.1. The first-order valence-electron chi connectivity index (χ1n) is 7.32. The molecule has 18 heavy (non-hydrogen) atoms. The lowest BCUT2D eigenvalue weighted by atomic mass is 10.2. The summed E-state index contributed by atoms with van der Waals surface area (Å²) in [6.45, 7) is 9.85. The van der Waals surface area contributed by atoms with E-state index in [1.54, 1.807) is 6.26 Å². The third kappa shape index (κ3) is 6.82. The summed E-state index contributed by atoms with van der Waals surface area (Å²) < 4.78 is 5.39. The Hall–Kier alpha value is -0.800. The van der Waals surface area contributed by atoms with Crippen LogP contribution in [0.4, 0.5) is 0 Å². The average molecular weight is 252 g/mol. The van der Waals surface area contributed by atoms with Gasteiger partial charge in [-0.05, 0) is 51.2 Å². The van der Waals surface area contributed by atoms with Crippen molar-refractivity contribution in [3.8, 4) is 0 Å². The van der Waals surface area contributed by atoms with Crippen molar-refractivity contribution in [3.63, 3.8) is 0 Å². The third-order valence-electron chi connectivity index (χ3n) is 3.23. The van der Waals surface area contributed by atoms with Gasteiger partial charge in [0.25, 0.3) is 0 Å². The maximum absolute atomic E-state index is 5.39. The van der Waals surface area contributed by atoms with Crippen LogP contribution in [0.3, 0.4) is 0 Å². The summed E-state index contributed by atoms with van der Waals surface area (Å²) in [6, 6.07) is 4.02. The van der Waals surface area contributed by atoms with Gasteiger partial charge in [-0.15, -0.1) is 0 Å². The Kier molecular flexibility index (Phi) is 8.61. The number of unbranched alkanes of at least 4 members (excludes halogenated alkanes) is 3. The van der Waals surface area contributed by atoms with Gasteiger partial charge in [0.15, 0.2) is 0 Å². The molecule has 0 atom stereocenters. The van der Waals surface area contributed by atoms with E-state index in [1.165, 1.54) is 38.8 Å². The summed E-state index contributed by atoms with van der Waals surface area (Å²) in [7, 11) is 0. The second-order valence-electron chi connectivity index (χ2n) is 4.72. The van der Waals surface area contributed by atoms with E-state index < -0.39 is 0 Å².